The van der Waals surface area contributed by atoms with E-state index >= 15 is 0 Å². The molecule has 136 valence electrons. The minimum Gasteiger partial charge on any atom is -0.326 e. The van der Waals surface area contributed by atoms with Gasteiger partial charge in [-0.2, -0.15) is 8.99 Å². The molecule has 0 spiro atoms. The van der Waals surface area contributed by atoms with Crippen LogP contribution in [-0.4, -0.2) is 65.1 Å². The normalized spacial score (nSPS) is 16.2. The molecule has 0 aromatic carbocycles. The first-order valence-electron chi connectivity index (χ1n) is 8.64. The Morgan fingerprint density at radius 3 is 2.58 bits per heavy atom. The summed E-state index contributed by atoms with van der Waals surface area (Å²) in [5.74, 6) is 0. The zero-order chi connectivity index (χ0) is 17.6. The Bertz CT molecular complexity index is 637. The first-order valence-corrected chi connectivity index (χ1v) is 10.1. The lowest BCUT2D eigenvalue weighted by Gasteiger charge is -2.24. The number of piperidine rings is 1. The van der Waals surface area contributed by atoms with Gasteiger partial charge in [-0.05, 0) is 19.3 Å². The second-order valence-corrected chi connectivity index (χ2v) is 8.03. The van der Waals surface area contributed by atoms with E-state index in [2.05, 4.69) is 17.0 Å². The lowest BCUT2D eigenvalue weighted by molar-refractivity contribution is 0.206. The van der Waals surface area contributed by atoms with Gasteiger partial charge in [-0.25, -0.2) is 18.2 Å². The first-order chi connectivity index (χ1) is 11.5. The minimum absolute atomic E-state index is 0.294. The fraction of sp³-hybridized carbons (Fsp3) is 0.800. The van der Waals surface area contributed by atoms with Crippen LogP contribution in [0.5, 0.6) is 0 Å². The van der Waals surface area contributed by atoms with Crippen LogP contribution in [-0.2, 0) is 10.0 Å². The highest BCUT2D eigenvalue weighted by molar-refractivity contribution is 7.88. The van der Waals surface area contributed by atoms with E-state index in [4.69, 9.17) is 0 Å². The van der Waals surface area contributed by atoms with Gasteiger partial charge in [0.15, 0.2) is 0 Å². The average molecular weight is 357 g/mol. The van der Waals surface area contributed by atoms with Crippen molar-refractivity contribution in [3.8, 4) is 0 Å². The number of carbonyl (C=O) groups excluding carboxylic acids is 1. The van der Waals surface area contributed by atoms with Crippen molar-refractivity contribution in [1.29, 1.82) is 0 Å². The Hall–Kier alpha value is -1.48. The molecule has 0 saturated carbocycles. The Morgan fingerprint density at radius 2 is 1.92 bits per heavy atom. The molecule has 9 heteroatoms. The van der Waals surface area contributed by atoms with Crippen LogP contribution < -0.4 is 0 Å². The fourth-order valence-corrected chi connectivity index (χ4v) is 4.07. The summed E-state index contributed by atoms with van der Waals surface area (Å²) in [6, 6.07) is -0.362. The Kier molecular flexibility index (Phi) is 6.73. The maximum absolute atomic E-state index is 12.5. The van der Waals surface area contributed by atoms with Crippen LogP contribution in [0.2, 0.25) is 0 Å². The number of aromatic nitrogens is 3. The lowest BCUT2D eigenvalue weighted by Crippen LogP contribution is -2.36. The summed E-state index contributed by atoms with van der Waals surface area (Å²) < 4.78 is 27.4. The van der Waals surface area contributed by atoms with Crippen molar-refractivity contribution in [2.24, 2.45) is 0 Å². The minimum atomic E-state index is -3.71. The molecule has 0 atom stereocenters. The number of amides is 1. The summed E-state index contributed by atoms with van der Waals surface area (Å²) in [4.78, 5) is 17.7. The predicted molar refractivity (Wildman–Crippen MR) is 90.2 cm³/mol. The highest BCUT2D eigenvalue weighted by atomic mass is 32.2. The quantitative estimate of drug-likeness (QED) is 0.696. The van der Waals surface area contributed by atoms with Gasteiger partial charge < -0.3 is 4.90 Å². The summed E-state index contributed by atoms with van der Waals surface area (Å²) in [7, 11) is -2.02. The molecule has 0 unspecified atom stereocenters. The van der Waals surface area contributed by atoms with E-state index < -0.39 is 10.0 Å². The van der Waals surface area contributed by atoms with Crippen molar-refractivity contribution in [2.75, 3.05) is 26.7 Å². The molecule has 0 radical (unpaired) electrons. The molecule has 1 aromatic heterocycles. The van der Waals surface area contributed by atoms with Crippen LogP contribution in [0.3, 0.4) is 0 Å². The van der Waals surface area contributed by atoms with Gasteiger partial charge in [0, 0.05) is 26.7 Å². The molecule has 1 aromatic rings. The number of unbranched alkanes of at least 4 members (excludes halogenated alkanes) is 3. The van der Waals surface area contributed by atoms with E-state index in [-0.39, 0.29) is 11.2 Å². The van der Waals surface area contributed by atoms with Crippen molar-refractivity contribution in [1.82, 2.24) is 24.0 Å². The third kappa shape index (κ3) is 4.54. The predicted octanol–water partition coefficient (Wildman–Crippen LogP) is 1.93. The van der Waals surface area contributed by atoms with Crippen LogP contribution in [0, 0.1) is 0 Å². The number of carbonyl (C=O) groups is 1. The smallest absolute Gasteiger partial charge is 0.326 e. The molecular formula is C15H27N5O3S. The molecule has 1 fully saturated rings. The van der Waals surface area contributed by atoms with E-state index in [1.165, 1.54) is 10.6 Å². The van der Waals surface area contributed by atoms with Crippen LogP contribution in [0.15, 0.2) is 11.5 Å². The monoisotopic (exact) mass is 357 g/mol. The Labute approximate surface area is 143 Å². The van der Waals surface area contributed by atoms with Gasteiger partial charge in [0.25, 0.3) is 15.2 Å². The standard InChI is InChI=1S/C15H27N5O3S/c1-3-4-5-7-10-18(2)15(21)20-13-16-14(17-20)24(22,23)19-11-8-6-9-12-19/h13H,3-12H2,1-2H3. The van der Waals surface area contributed by atoms with Crippen molar-refractivity contribution in [2.45, 2.75) is 57.0 Å². The zero-order valence-electron chi connectivity index (χ0n) is 14.5. The zero-order valence-corrected chi connectivity index (χ0v) is 15.3. The van der Waals surface area contributed by atoms with Crippen molar-refractivity contribution >= 4 is 16.1 Å². The topological polar surface area (TPSA) is 88.4 Å². The van der Waals surface area contributed by atoms with Gasteiger partial charge in [-0.1, -0.05) is 32.6 Å². The number of sulfonamides is 1. The molecule has 2 heterocycles. The van der Waals surface area contributed by atoms with Gasteiger partial charge >= 0.3 is 6.03 Å². The summed E-state index contributed by atoms with van der Waals surface area (Å²) in [6.07, 6.45) is 8.18. The number of nitrogens with zero attached hydrogens (tertiary/aromatic N) is 5. The van der Waals surface area contributed by atoms with Crippen molar-refractivity contribution in [3.63, 3.8) is 0 Å². The van der Waals surface area contributed by atoms with Crippen molar-refractivity contribution in [3.05, 3.63) is 6.33 Å². The number of rotatable bonds is 7. The second-order valence-electron chi connectivity index (χ2n) is 6.20. The molecule has 0 N–H and O–H groups in total. The number of hydrogen-bond acceptors (Lipinski definition) is 5. The third-order valence-corrected chi connectivity index (χ3v) is 5.92. The van der Waals surface area contributed by atoms with Gasteiger partial charge in [0.2, 0.25) is 0 Å². The fourth-order valence-electron chi connectivity index (χ4n) is 2.73. The van der Waals surface area contributed by atoms with Gasteiger partial charge in [-0.3, -0.25) is 0 Å². The SMILES string of the molecule is CCCCCCN(C)C(=O)n1cnc(S(=O)(=O)N2CCCCC2)n1. The first kappa shape index (κ1) is 18.9. The summed E-state index contributed by atoms with van der Waals surface area (Å²) >= 11 is 0. The molecule has 8 nitrogen and oxygen atoms in total. The van der Waals surface area contributed by atoms with Crippen LogP contribution >= 0.6 is 0 Å². The highest BCUT2D eigenvalue weighted by Crippen LogP contribution is 2.17. The lowest BCUT2D eigenvalue weighted by atomic mass is 10.2. The van der Waals surface area contributed by atoms with Crippen LogP contribution in [0.25, 0.3) is 0 Å². The summed E-state index contributed by atoms with van der Waals surface area (Å²) in [5, 5.41) is 3.61. The Morgan fingerprint density at radius 1 is 1.21 bits per heavy atom. The van der Waals surface area contributed by atoms with Gasteiger partial charge in [-0.15, -0.1) is 5.10 Å². The van der Waals surface area contributed by atoms with E-state index in [0.29, 0.717) is 19.6 Å². The average Bonchev–Trinajstić information content (AvgIpc) is 3.09. The van der Waals surface area contributed by atoms with E-state index in [1.54, 1.807) is 11.9 Å². The summed E-state index contributed by atoms with van der Waals surface area (Å²) in [5.41, 5.74) is 0. The molecule has 1 aliphatic heterocycles. The molecule has 2 rings (SSSR count). The van der Waals surface area contributed by atoms with E-state index in [0.717, 1.165) is 49.6 Å². The maximum atomic E-state index is 12.5. The molecule has 0 aliphatic carbocycles. The highest BCUT2D eigenvalue weighted by Gasteiger charge is 2.30. The van der Waals surface area contributed by atoms with Crippen molar-refractivity contribution < 1.29 is 13.2 Å². The molecule has 0 bridgehead atoms. The van der Waals surface area contributed by atoms with Gasteiger partial charge in [0.1, 0.15) is 6.33 Å². The Balaban J connectivity index is 1.99. The molecular weight excluding hydrogens is 330 g/mol. The summed E-state index contributed by atoms with van der Waals surface area (Å²) in [6.45, 7) is 3.73. The largest absolute Gasteiger partial charge is 0.345 e. The number of hydrogen-bond donors (Lipinski definition) is 0. The third-order valence-electron chi connectivity index (χ3n) is 4.23. The maximum Gasteiger partial charge on any atom is 0.345 e. The molecule has 1 amide bonds. The second kappa shape index (κ2) is 8.57. The van der Waals surface area contributed by atoms with E-state index in [1.807, 2.05) is 0 Å². The van der Waals surface area contributed by atoms with Gasteiger partial charge in [0.05, 0.1) is 0 Å². The van der Waals surface area contributed by atoms with Crippen LogP contribution in [0.4, 0.5) is 4.79 Å². The molecule has 24 heavy (non-hydrogen) atoms. The van der Waals surface area contributed by atoms with E-state index in [9.17, 15) is 13.2 Å². The molecule has 1 aliphatic rings. The molecule has 1 saturated heterocycles. The van der Waals surface area contributed by atoms with Crippen LogP contribution in [0.1, 0.15) is 51.9 Å².